The fraction of sp³-hybridized carbons (Fsp3) is 0.565. The molecule has 6 heteroatoms. The molecule has 0 saturated carbocycles. The van der Waals surface area contributed by atoms with Crippen molar-refractivity contribution in [1.82, 2.24) is 20.0 Å². The highest BCUT2D eigenvalue weighted by Gasteiger charge is 2.53. The van der Waals surface area contributed by atoms with Crippen LogP contribution in [0.5, 0.6) is 0 Å². The fourth-order valence-corrected chi connectivity index (χ4v) is 5.53. The molecule has 29 heavy (non-hydrogen) atoms. The molecular formula is C23H31N5O. The lowest BCUT2D eigenvalue weighted by atomic mass is 9.82. The number of likely N-dealkylation sites (tertiary alicyclic amines) is 1. The summed E-state index contributed by atoms with van der Waals surface area (Å²) in [5, 5.41) is 8.40. The monoisotopic (exact) mass is 393 g/mol. The van der Waals surface area contributed by atoms with E-state index in [0.29, 0.717) is 24.0 Å². The lowest BCUT2D eigenvalue weighted by Gasteiger charge is -2.23. The van der Waals surface area contributed by atoms with Gasteiger partial charge in [0.05, 0.1) is 24.4 Å². The number of nitrogens with zero attached hydrogens (tertiary/aromatic N) is 4. The standard InChI is InChI=1S/C23H31N5O/c1-15-18(16(2)28(26-15)12-17-7-5-4-6-8-17)11-25-23(24-3)27-13-19-20(14-27)22-10-9-21(19)29-22/h4-8,19-22H,9-14H2,1-3H3,(H,24,25). The molecule has 1 N–H and O–H groups in total. The number of aromatic nitrogens is 2. The van der Waals surface area contributed by atoms with Crippen molar-refractivity contribution in [2.45, 2.75) is 52.0 Å². The average Bonchev–Trinajstić information content (AvgIpc) is 3.48. The van der Waals surface area contributed by atoms with E-state index in [9.17, 15) is 0 Å². The van der Waals surface area contributed by atoms with Crippen molar-refractivity contribution in [3.8, 4) is 0 Å². The minimum atomic E-state index is 0.480. The zero-order valence-electron chi connectivity index (χ0n) is 17.6. The van der Waals surface area contributed by atoms with E-state index in [0.717, 1.165) is 37.8 Å². The summed E-state index contributed by atoms with van der Waals surface area (Å²) in [4.78, 5) is 7.01. The van der Waals surface area contributed by atoms with Gasteiger partial charge < -0.3 is 15.0 Å². The quantitative estimate of drug-likeness (QED) is 0.641. The summed E-state index contributed by atoms with van der Waals surface area (Å²) in [6.45, 7) is 7.96. The van der Waals surface area contributed by atoms with Gasteiger partial charge in [-0.25, -0.2) is 0 Å². The van der Waals surface area contributed by atoms with Crippen molar-refractivity contribution in [2.24, 2.45) is 16.8 Å². The van der Waals surface area contributed by atoms with Crippen LogP contribution in [0.2, 0.25) is 0 Å². The number of hydrogen-bond donors (Lipinski definition) is 1. The van der Waals surface area contributed by atoms with E-state index >= 15 is 0 Å². The molecule has 0 radical (unpaired) electrons. The first-order valence-corrected chi connectivity index (χ1v) is 10.8. The highest BCUT2D eigenvalue weighted by molar-refractivity contribution is 5.80. The van der Waals surface area contributed by atoms with E-state index < -0.39 is 0 Å². The molecule has 0 spiro atoms. The number of hydrogen-bond acceptors (Lipinski definition) is 3. The van der Waals surface area contributed by atoms with Crippen LogP contribution in [0.3, 0.4) is 0 Å². The molecule has 4 unspecified atom stereocenters. The summed E-state index contributed by atoms with van der Waals surface area (Å²) in [7, 11) is 1.89. The van der Waals surface area contributed by atoms with Crippen LogP contribution in [-0.2, 0) is 17.8 Å². The van der Waals surface area contributed by atoms with Crippen molar-refractivity contribution in [1.29, 1.82) is 0 Å². The first kappa shape index (κ1) is 18.7. The molecule has 5 rings (SSSR count). The highest BCUT2D eigenvalue weighted by atomic mass is 16.5. The van der Waals surface area contributed by atoms with Gasteiger partial charge in [-0.1, -0.05) is 30.3 Å². The third kappa shape index (κ3) is 3.33. The Balaban J connectivity index is 1.25. The van der Waals surface area contributed by atoms with E-state index in [1.54, 1.807) is 0 Å². The maximum Gasteiger partial charge on any atom is 0.193 e. The van der Waals surface area contributed by atoms with Crippen molar-refractivity contribution >= 4 is 5.96 Å². The number of ether oxygens (including phenoxy) is 1. The van der Waals surface area contributed by atoms with E-state index in [4.69, 9.17) is 9.84 Å². The van der Waals surface area contributed by atoms with Crippen molar-refractivity contribution in [3.05, 3.63) is 52.8 Å². The van der Waals surface area contributed by atoms with Gasteiger partial charge in [0.15, 0.2) is 5.96 Å². The van der Waals surface area contributed by atoms with Gasteiger partial charge in [-0.05, 0) is 32.3 Å². The van der Waals surface area contributed by atoms with E-state index in [-0.39, 0.29) is 0 Å². The number of benzene rings is 1. The summed E-state index contributed by atoms with van der Waals surface area (Å²) in [5.41, 5.74) is 4.85. The molecule has 3 saturated heterocycles. The second kappa shape index (κ2) is 7.48. The molecule has 4 heterocycles. The van der Waals surface area contributed by atoms with Crippen molar-refractivity contribution in [2.75, 3.05) is 20.1 Å². The molecule has 3 aliphatic heterocycles. The van der Waals surface area contributed by atoms with Crippen LogP contribution in [0.25, 0.3) is 0 Å². The third-order valence-corrected chi connectivity index (χ3v) is 7.09. The van der Waals surface area contributed by atoms with Gasteiger partial charge in [0.25, 0.3) is 0 Å². The topological polar surface area (TPSA) is 54.7 Å². The third-order valence-electron chi connectivity index (χ3n) is 7.09. The molecule has 1 aromatic heterocycles. The van der Waals surface area contributed by atoms with Crippen LogP contribution in [-0.4, -0.2) is 53.0 Å². The lowest BCUT2D eigenvalue weighted by Crippen LogP contribution is -2.41. The Kier molecular flexibility index (Phi) is 4.82. The van der Waals surface area contributed by atoms with Gasteiger partial charge in [0.2, 0.25) is 0 Å². The maximum absolute atomic E-state index is 6.12. The number of fused-ring (bicyclic) bond motifs is 5. The molecule has 2 aromatic rings. The van der Waals surface area contributed by atoms with Crippen LogP contribution < -0.4 is 5.32 Å². The summed E-state index contributed by atoms with van der Waals surface area (Å²) in [6.07, 6.45) is 3.44. The minimum Gasteiger partial charge on any atom is -0.374 e. The highest BCUT2D eigenvalue weighted by Crippen LogP contribution is 2.47. The molecule has 0 amide bonds. The summed E-state index contributed by atoms with van der Waals surface area (Å²) >= 11 is 0. The van der Waals surface area contributed by atoms with Gasteiger partial charge in [-0.2, -0.15) is 5.10 Å². The van der Waals surface area contributed by atoms with E-state index in [1.807, 2.05) is 7.05 Å². The van der Waals surface area contributed by atoms with Crippen LogP contribution in [0, 0.1) is 25.7 Å². The first-order valence-electron chi connectivity index (χ1n) is 10.8. The summed E-state index contributed by atoms with van der Waals surface area (Å²) in [6, 6.07) is 10.5. The Morgan fingerprint density at radius 3 is 2.48 bits per heavy atom. The predicted molar refractivity (Wildman–Crippen MR) is 114 cm³/mol. The molecular weight excluding hydrogens is 362 g/mol. The number of guanidine groups is 1. The van der Waals surface area contributed by atoms with E-state index in [2.05, 4.69) is 64.1 Å². The maximum atomic E-state index is 6.12. The van der Waals surface area contributed by atoms with Crippen LogP contribution in [0.1, 0.15) is 35.4 Å². The smallest absolute Gasteiger partial charge is 0.193 e. The van der Waals surface area contributed by atoms with Gasteiger partial charge in [0.1, 0.15) is 0 Å². The molecule has 6 nitrogen and oxygen atoms in total. The average molecular weight is 394 g/mol. The molecule has 154 valence electrons. The molecule has 3 fully saturated rings. The van der Waals surface area contributed by atoms with Gasteiger partial charge in [0, 0.05) is 49.8 Å². The number of rotatable bonds is 4. The largest absolute Gasteiger partial charge is 0.374 e. The number of nitrogens with one attached hydrogen (secondary N) is 1. The second-order valence-corrected chi connectivity index (χ2v) is 8.72. The first-order chi connectivity index (χ1) is 14.1. The van der Waals surface area contributed by atoms with Crippen molar-refractivity contribution < 1.29 is 4.74 Å². The SMILES string of the molecule is CN=C(NCc1c(C)nn(Cc2ccccc2)c1C)N1CC2C3CCC(O3)C2C1. The Morgan fingerprint density at radius 2 is 1.83 bits per heavy atom. The van der Waals surface area contributed by atoms with Crippen molar-refractivity contribution in [3.63, 3.8) is 0 Å². The molecule has 1 aromatic carbocycles. The van der Waals surface area contributed by atoms with Gasteiger partial charge in [-0.15, -0.1) is 0 Å². The van der Waals surface area contributed by atoms with E-state index in [1.165, 1.54) is 29.7 Å². The molecule has 0 aliphatic carbocycles. The molecule has 4 atom stereocenters. The zero-order chi connectivity index (χ0) is 20.0. The van der Waals surface area contributed by atoms with Gasteiger partial charge in [-0.3, -0.25) is 9.67 Å². The van der Waals surface area contributed by atoms with Crippen LogP contribution >= 0.6 is 0 Å². The van der Waals surface area contributed by atoms with Gasteiger partial charge >= 0.3 is 0 Å². The summed E-state index contributed by atoms with van der Waals surface area (Å²) < 4.78 is 8.23. The fourth-order valence-electron chi connectivity index (χ4n) is 5.53. The summed E-state index contributed by atoms with van der Waals surface area (Å²) in [5.74, 6) is 2.38. The normalized spacial score (nSPS) is 28.2. The van der Waals surface area contributed by atoms with Crippen LogP contribution in [0.4, 0.5) is 0 Å². The Bertz CT molecular complexity index is 887. The Morgan fingerprint density at radius 1 is 1.14 bits per heavy atom. The predicted octanol–water partition coefficient (Wildman–Crippen LogP) is 2.73. The van der Waals surface area contributed by atoms with Crippen LogP contribution in [0.15, 0.2) is 35.3 Å². The second-order valence-electron chi connectivity index (χ2n) is 8.72. The lowest BCUT2D eigenvalue weighted by molar-refractivity contribution is 0.0767. The number of aliphatic imine (C=N–C) groups is 1. The Hall–Kier alpha value is -2.34. The molecule has 2 bridgehead atoms. The Labute approximate surface area is 173 Å². The number of aryl methyl sites for hydroxylation is 1. The molecule has 3 aliphatic rings. The zero-order valence-corrected chi connectivity index (χ0v) is 17.6. The minimum absolute atomic E-state index is 0.480.